The van der Waals surface area contributed by atoms with Crippen LogP contribution in [0.25, 0.3) is 0 Å². The number of hydrogen-bond acceptors (Lipinski definition) is 7. The van der Waals surface area contributed by atoms with E-state index in [2.05, 4.69) is 34.5 Å². The lowest BCUT2D eigenvalue weighted by Crippen LogP contribution is -2.54. The molecule has 0 bridgehead atoms. The van der Waals surface area contributed by atoms with E-state index < -0.39 is 22.0 Å². The third kappa shape index (κ3) is 16.9. The van der Waals surface area contributed by atoms with E-state index in [1.807, 2.05) is 56.3 Å². The Hall–Kier alpha value is -2.54. The first-order valence-electron chi connectivity index (χ1n) is 17.6. The van der Waals surface area contributed by atoms with Crippen molar-refractivity contribution < 1.29 is 22.8 Å². The average Bonchev–Trinajstić information content (AvgIpc) is 3.01. The molecule has 0 aliphatic heterocycles. The van der Waals surface area contributed by atoms with E-state index in [0.29, 0.717) is 44.6 Å². The van der Waals surface area contributed by atoms with Crippen molar-refractivity contribution in [2.45, 2.75) is 110 Å². The van der Waals surface area contributed by atoms with Gasteiger partial charge in [0.1, 0.15) is 6.04 Å². The maximum atomic E-state index is 13.3. The number of sulfonamides is 1. The molecule has 4 atom stereocenters. The molecule has 11 nitrogen and oxygen atoms in total. The molecule has 1 saturated carbocycles. The highest BCUT2D eigenvalue weighted by Gasteiger charge is 2.29. The van der Waals surface area contributed by atoms with Crippen molar-refractivity contribution in [3.63, 3.8) is 0 Å². The van der Waals surface area contributed by atoms with E-state index in [9.17, 15) is 22.8 Å². The summed E-state index contributed by atoms with van der Waals surface area (Å²) in [5, 5.41) is 8.73. The van der Waals surface area contributed by atoms with E-state index in [1.165, 1.54) is 6.42 Å². The summed E-state index contributed by atoms with van der Waals surface area (Å²) in [6.07, 6.45) is 8.84. The van der Waals surface area contributed by atoms with Crippen LogP contribution in [-0.4, -0.2) is 88.6 Å². The molecular weight excluding hydrogens is 616 g/mol. The normalized spacial score (nSPS) is 16.8. The third-order valence-electron chi connectivity index (χ3n) is 9.10. The summed E-state index contributed by atoms with van der Waals surface area (Å²) < 4.78 is 27.4. The summed E-state index contributed by atoms with van der Waals surface area (Å²) in [7, 11) is 0.548. The maximum Gasteiger partial charge on any atom is 0.243 e. The van der Waals surface area contributed by atoms with Crippen LogP contribution in [0, 0.1) is 17.8 Å². The molecule has 0 heterocycles. The van der Waals surface area contributed by atoms with Gasteiger partial charge in [0.2, 0.25) is 27.7 Å². The Labute approximate surface area is 284 Å². The summed E-state index contributed by atoms with van der Waals surface area (Å²) in [4.78, 5) is 41.3. The largest absolute Gasteiger partial charge is 0.350 e. The number of amides is 3. The van der Waals surface area contributed by atoms with Crippen LogP contribution in [0.2, 0.25) is 0 Å². The van der Waals surface area contributed by atoms with Gasteiger partial charge in [0.25, 0.3) is 0 Å². The molecule has 1 aromatic rings. The number of carbonyl (C=O) groups excluding carboxylic acids is 3. The lowest BCUT2D eigenvalue weighted by atomic mass is 9.80. The Morgan fingerprint density at radius 1 is 1.00 bits per heavy atom. The minimum atomic E-state index is -3.35. The number of nitrogens with zero attached hydrogens (tertiary/aromatic N) is 1. The van der Waals surface area contributed by atoms with Crippen LogP contribution < -0.4 is 26.4 Å². The van der Waals surface area contributed by atoms with Crippen LogP contribution in [-0.2, 0) is 30.8 Å². The van der Waals surface area contributed by atoms with Crippen LogP contribution in [0.4, 0.5) is 0 Å². The van der Waals surface area contributed by atoms with Crippen molar-refractivity contribution >= 4 is 27.7 Å². The zero-order valence-electron chi connectivity index (χ0n) is 29.4. The monoisotopic (exact) mass is 678 g/mol. The molecule has 1 aromatic carbocycles. The first-order valence-corrected chi connectivity index (χ1v) is 19.2. The molecule has 1 aliphatic carbocycles. The first kappa shape index (κ1) is 40.6. The van der Waals surface area contributed by atoms with Crippen molar-refractivity contribution in [1.29, 1.82) is 0 Å². The van der Waals surface area contributed by atoms with Crippen LogP contribution in [0.3, 0.4) is 0 Å². The van der Waals surface area contributed by atoms with Gasteiger partial charge in [0.15, 0.2) is 0 Å². The predicted molar refractivity (Wildman–Crippen MR) is 189 cm³/mol. The fourth-order valence-corrected chi connectivity index (χ4v) is 7.38. The SMILES string of the molecule is CCCS(=O)(=O)NC[C@@H](C[C@H](N)[C@H](CC1CCCCC1)NC(=O)CNC(=O)[C@H](Cc1ccccc1)NC(=O)CCCN(C)C)C(C)C. The van der Waals surface area contributed by atoms with E-state index in [4.69, 9.17) is 5.73 Å². The van der Waals surface area contributed by atoms with Crippen molar-refractivity contribution in [2.75, 3.05) is 39.5 Å². The Morgan fingerprint density at radius 3 is 2.30 bits per heavy atom. The summed E-state index contributed by atoms with van der Waals surface area (Å²) in [6.45, 7) is 6.78. The summed E-state index contributed by atoms with van der Waals surface area (Å²) in [5.41, 5.74) is 7.70. The van der Waals surface area contributed by atoms with Gasteiger partial charge in [-0.2, -0.15) is 0 Å². The maximum absolute atomic E-state index is 13.3. The molecular formula is C35H62N6O5S. The number of nitrogens with one attached hydrogen (secondary N) is 4. The molecule has 0 saturated heterocycles. The predicted octanol–water partition coefficient (Wildman–Crippen LogP) is 2.95. The summed E-state index contributed by atoms with van der Waals surface area (Å²) in [5.74, 6) is -0.233. The number of nitrogens with two attached hydrogens (primary N) is 1. The van der Waals surface area contributed by atoms with Crippen molar-refractivity contribution in [3.05, 3.63) is 35.9 Å². The molecule has 1 fully saturated rings. The fraction of sp³-hybridized carbons (Fsp3) is 0.743. The molecule has 3 amide bonds. The standard InChI is InChI=1S/C35H62N6O5S/c1-6-20-47(45,46)38-24-29(26(2)3)23-30(36)31(21-27-14-9-7-10-15-27)39-34(43)25-37-35(44)32(22-28-16-11-8-12-17-28)40-33(42)18-13-19-41(4)5/h8,11-12,16-17,26-27,29-32,38H,6-7,9-10,13-15,18-25,36H2,1-5H3,(H,37,44)(H,39,43)(H,40,42)/t29-,30+,31+,32+/m1/s1. The highest BCUT2D eigenvalue weighted by molar-refractivity contribution is 7.89. The highest BCUT2D eigenvalue weighted by Crippen LogP contribution is 2.29. The minimum absolute atomic E-state index is 0.00201. The lowest BCUT2D eigenvalue weighted by molar-refractivity contribution is -0.130. The van der Waals surface area contributed by atoms with Gasteiger partial charge in [0, 0.05) is 31.5 Å². The van der Waals surface area contributed by atoms with Gasteiger partial charge in [-0.3, -0.25) is 14.4 Å². The van der Waals surface area contributed by atoms with Crippen LogP contribution in [0.15, 0.2) is 30.3 Å². The van der Waals surface area contributed by atoms with E-state index in [0.717, 1.165) is 44.2 Å². The van der Waals surface area contributed by atoms with Gasteiger partial charge in [-0.25, -0.2) is 13.1 Å². The van der Waals surface area contributed by atoms with Gasteiger partial charge in [0.05, 0.1) is 12.3 Å². The van der Waals surface area contributed by atoms with Crippen LogP contribution >= 0.6 is 0 Å². The fourth-order valence-electron chi connectivity index (χ4n) is 6.23. The molecule has 268 valence electrons. The second-order valence-electron chi connectivity index (χ2n) is 13.9. The molecule has 2 rings (SSSR count). The number of carbonyl (C=O) groups is 3. The molecule has 12 heteroatoms. The molecule has 47 heavy (non-hydrogen) atoms. The summed E-state index contributed by atoms with van der Waals surface area (Å²) in [6, 6.07) is 7.96. The van der Waals surface area contributed by atoms with Gasteiger partial charge in [-0.15, -0.1) is 0 Å². The van der Waals surface area contributed by atoms with Gasteiger partial charge < -0.3 is 26.6 Å². The Kier molecular flexibility index (Phi) is 18.5. The van der Waals surface area contributed by atoms with E-state index >= 15 is 0 Å². The van der Waals surface area contributed by atoms with Gasteiger partial charge in [-0.1, -0.05) is 83.2 Å². The highest BCUT2D eigenvalue weighted by atomic mass is 32.2. The van der Waals surface area contributed by atoms with Crippen LogP contribution in [0.1, 0.15) is 90.5 Å². The van der Waals surface area contributed by atoms with Gasteiger partial charge >= 0.3 is 0 Å². The Morgan fingerprint density at radius 2 is 1.68 bits per heavy atom. The topological polar surface area (TPSA) is 163 Å². The van der Waals surface area contributed by atoms with Crippen molar-refractivity contribution in [1.82, 2.24) is 25.6 Å². The average molecular weight is 679 g/mol. The molecule has 1 aliphatic rings. The van der Waals surface area contributed by atoms with E-state index in [-0.39, 0.29) is 48.0 Å². The molecule has 0 unspecified atom stereocenters. The molecule has 0 spiro atoms. The smallest absolute Gasteiger partial charge is 0.243 e. The Bertz CT molecular complexity index is 1170. The zero-order valence-corrected chi connectivity index (χ0v) is 30.2. The molecule has 0 radical (unpaired) electrons. The van der Waals surface area contributed by atoms with Gasteiger partial charge in [-0.05, 0) is 69.6 Å². The van der Waals surface area contributed by atoms with Crippen molar-refractivity contribution in [3.8, 4) is 0 Å². The van der Waals surface area contributed by atoms with Crippen molar-refractivity contribution in [2.24, 2.45) is 23.5 Å². The van der Waals surface area contributed by atoms with E-state index in [1.54, 1.807) is 0 Å². The molecule has 0 aromatic heterocycles. The quantitative estimate of drug-likeness (QED) is 0.126. The minimum Gasteiger partial charge on any atom is -0.350 e. The third-order valence-corrected chi connectivity index (χ3v) is 10.7. The second kappa shape index (κ2) is 21.4. The lowest BCUT2D eigenvalue weighted by Gasteiger charge is -2.33. The Balaban J connectivity index is 2.07. The first-order chi connectivity index (χ1) is 22.3. The molecule has 6 N–H and O–H groups in total. The summed E-state index contributed by atoms with van der Waals surface area (Å²) >= 11 is 0. The van der Waals surface area contributed by atoms with Crippen LogP contribution in [0.5, 0.6) is 0 Å². The zero-order chi connectivity index (χ0) is 34.8. The second-order valence-corrected chi connectivity index (χ2v) is 15.8. The number of hydrogen-bond donors (Lipinski definition) is 5. The number of benzene rings is 1. The number of rotatable bonds is 22.